The lowest BCUT2D eigenvalue weighted by atomic mass is 9.96. The zero-order valence-corrected chi connectivity index (χ0v) is 13.8. The van der Waals surface area contributed by atoms with Crippen molar-refractivity contribution in [3.05, 3.63) is 23.2 Å². The predicted molar refractivity (Wildman–Crippen MR) is 77.4 cm³/mol. The first-order chi connectivity index (χ1) is 11.0. The van der Waals surface area contributed by atoms with Crippen molar-refractivity contribution in [2.75, 3.05) is 20.2 Å². The van der Waals surface area contributed by atoms with E-state index < -0.39 is 52.0 Å². The fourth-order valence-electron chi connectivity index (χ4n) is 2.54. The SMILES string of the molecule is COc1ccc(Cl)cc1S(=O)(=O)N1C[C@@H](C(F)(F)F)[C@H](C(=O)O)C1. The van der Waals surface area contributed by atoms with Crippen molar-refractivity contribution < 1.29 is 36.2 Å². The minimum atomic E-state index is -4.83. The Labute approximate surface area is 140 Å². The third-order valence-corrected chi connectivity index (χ3v) is 5.86. The summed E-state index contributed by atoms with van der Waals surface area (Å²) >= 11 is 5.75. The van der Waals surface area contributed by atoms with Crippen LogP contribution in [0.1, 0.15) is 0 Å². The standard InChI is InChI=1S/C13H13ClF3NO5S/c1-23-10-3-2-7(14)4-11(10)24(21,22)18-5-8(12(19)20)9(6-18)13(15,16)17/h2-4,8-9H,5-6H2,1H3,(H,19,20)/t8-,9-/m1/s1. The summed E-state index contributed by atoms with van der Waals surface area (Å²) in [6.07, 6.45) is -4.83. The Bertz CT molecular complexity index is 752. The highest BCUT2D eigenvalue weighted by molar-refractivity contribution is 7.89. The first kappa shape index (κ1) is 18.8. The van der Waals surface area contributed by atoms with Gasteiger partial charge in [0.2, 0.25) is 10.0 Å². The van der Waals surface area contributed by atoms with Crippen LogP contribution in [0.2, 0.25) is 5.02 Å². The molecule has 1 aromatic rings. The number of nitrogens with zero attached hydrogens (tertiary/aromatic N) is 1. The van der Waals surface area contributed by atoms with Gasteiger partial charge in [-0.1, -0.05) is 11.6 Å². The summed E-state index contributed by atoms with van der Waals surface area (Å²) in [5.74, 6) is -5.95. The van der Waals surface area contributed by atoms with Crippen LogP contribution in [0.4, 0.5) is 13.2 Å². The van der Waals surface area contributed by atoms with Crippen LogP contribution in [0, 0.1) is 11.8 Å². The summed E-state index contributed by atoms with van der Waals surface area (Å²) in [7, 11) is -3.20. The first-order valence-electron chi connectivity index (χ1n) is 6.61. The Hall–Kier alpha value is -1.52. The van der Waals surface area contributed by atoms with Gasteiger partial charge in [0.15, 0.2) is 0 Å². The summed E-state index contributed by atoms with van der Waals surface area (Å²) in [6.45, 7) is -1.75. The summed E-state index contributed by atoms with van der Waals surface area (Å²) in [6, 6.07) is 3.68. The van der Waals surface area contributed by atoms with E-state index >= 15 is 0 Å². The molecule has 11 heteroatoms. The quantitative estimate of drug-likeness (QED) is 0.856. The number of aliphatic carboxylic acids is 1. The average molecular weight is 388 g/mol. The molecule has 0 radical (unpaired) electrons. The molecule has 0 spiro atoms. The highest BCUT2D eigenvalue weighted by Crippen LogP contribution is 2.41. The largest absolute Gasteiger partial charge is 0.495 e. The van der Waals surface area contributed by atoms with Gasteiger partial charge < -0.3 is 9.84 Å². The number of benzene rings is 1. The van der Waals surface area contributed by atoms with Gasteiger partial charge in [-0.15, -0.1) is 0 Å². The number of carboxylic acids is 1. The molecule has 6 nitrogen and oxygen atoms in total. The summed E-state index contributed by atoms with van der Waals surface area (Å²) in [4.78, 5) is 10.7. The second-order valence-corrected chi connectivity index (χ2v) is 7.55. The molecule has 2 rings (SSSR count). The van der Waals surface area contributed by atoms with Crippen molar-refractivity contribution >= 4 is 27.6 Å². The molecule has 134 valence electrons. The van der Waals surface area contributed by atoms with E-state index in [1.165, 1.54) is 19.2 Å². The molecule has 1 N–H and O–H groups in total. The monoisotopic (exact) mass is 387 g/mol. The van der Waals surface area contributed by atoms with Crippen LogP contribution < -0.4 is 4.74 Å². The molecule has 0 unspecified atom stereocenters. The van der Waals surface area contributed by atoms with Gasteiger partial charge in [-0.25, -0.2) is 8.42 Å². The van der Waals surface area contributed by atoms with E-state index in [0.29, 0.717) is 4.31 Å². The predicted octanol–water partition coefficient (Wildman–Crippen LogP) is 2.23. The number of sulfonamides is 1. The Kier molecular flexibility index (Phi) is 5.03. The minimum absolute atomic E-state index is 0.0516. The molecule has 1 aliphatic heterocycles. The van der Waals surface area contributed by atoms with Crippen molar-refractivity contribution in [3.63, 3.8) is 0 Å². The lowest BCUT2D eigenvalue weighted by Gasteiger charge is -2.19. The van der Waals surface area contributed by atoms with Gasteiger partial charge in [-0.3, -0.25) is 4.79 Å². The van der Waals surface area contributed by atoms with Crippen LogP contribution in [0.3, 0.4) is 0 Å². The van der Waals surface area contributed by atoms with Gasteiger partial charge in [0, 0.05) is 18.1 Å². The van der Waals surface area contributed by atoms with Crippen LogP contribution in [0.5, 0.6) is 5.75 Å². The number of rotatable bonds is 4. The van der Waals surface area contributed by atoms with E-state index in [0.717, 1.165) is 6.07 Å². The molecular weight excluding hydrogens is 375 g/mol. The maximum absolute atomic E-state index is 13.0. The van der Waals surface area contributed by atoms with Crippen molar-refractivity contribution in [1.82, 2.24) is 4.31 Å². The van der Waals surface area contributed by atoms with Crippen LogP contribution in [0.25, 0.3) is 0 Å². The number of ether oxygens (including phenoxy) is 1. The van der Waals surface area contributed by atoms with Crippen molar-refractivity contribution in [1.29, 1.82) is 0 Å². The van der Waals surface area contributed by atoms with E-state index in [1.54, 1.807) is 0 Å². The summed E-state index contributed by atoms with van der Waals surface area (Å²) < 4.78 is 69.7. The number of carbonyl (C=O) groups is 1. The Morgan fingerprint density at radius 2 is 2.00 bits per heavy atom. The molecule has 0 aliphatic carbocycles. The molecule has 1 aliphatic rings. The highest BCUT2D eigenvalue weighted by atomic mass is 35.5. The van der Waals surface area contributed by atoms with Crippen molar-refractivity contribution in [2.24, 2.45) is 11.8 Å². The fraction of sp³-hybridized carbons (Fsp3) is 0.462. The second-order valence-electron chi connectivity index (χ2n) is 5.21. The summed E-state index contributed by atoms with van der Waals surface area (Å²) in [5.41, 5.74) is 0. The molecule has 2 atom stereocenters. The molecule has 1 heterocycles. The van der Waals surface area contributed by atoms with Gasteiger partial charge in [0.25, 0.3) is 0 Å². The molecule has 24 heavy (non-hydrogen) atoms. The summed E-state index contributed by atoms with van der Waals surface area (Å²) in [5, 5.41) is 9.03. The minimum Gasteiger partial charge on any atom is -0.495 e. The number of carboxylic acid groups (broad SMARTS) is 1. The van der Waals surface area contributed by atoms with E-state index in [1.807, 2.05) is 0 Å². The molecule has 1 saturated heterocycles. The van der Waals surface area contributed by atoms with Crippen LogP contribution in [-0.4, -0.2) is 50.2 Å². The fourth-order valence-corrected chi connectivity index (χ4v) is 4.45. The number of halogens is 4. The van der Waals surface area contributed by atoms with Gasteiger partial charge in [0.1, 0.15) is 10.6 Å². The van der Waals surface area contributed by atoms with Crippen molar-refractivity contribution in [2.45, 2.75) is 11.1 Å². The molecule has 1 aromatic carbocycles. The topological polar surface area (TPSA) is 83.9 Å². The van der Waals surface area contributed by atoms with E-state index in [4.69, 9.17) is 21.4 Å². The zero-order valence-electron chi connectivity index (χ0n) is 12.2. The lowest BCUT2D eigenvalue weighted by molar-refractivity contribution is -0.187. The van der Waals surface area contributed by atoms with Gasteiger partial charge in [-0.05, 0) is 18.2 Å². The third kappa shape index (κ3) is 3.45. The first-order valence-corrected chi connectivity index (χ1v) is 8.43. The maximum atomic E-state index is 13.0. The Balaban J connectivity index is 2.45. The second kappa shape index (κ2) is 6.41. The maximum Gasteiger partial charge on any atom is 0.393 e. The number of hydrogen-bond donors (Lipinski definition) is 1. The number of hydrogen-bond acceptors (Lipinski definition) is 4. The van der Waals surface area contributed by atoms with E-state index in [-0.39, 0.29) is 10.8 Å². The highest BCUT2D eigenvalue weighted by Gasteiger charge is 2.55. The zero-order chi connectivity index (χ0) is 18.3. The van der Waals surface area contributed by atoms with Crippen LogP contribution in [-0.2, 0) is 14.8 Å². The molecule has 1 fully saturated rings. The number of methoxy groups -OCH3 is 1. The lowest BCUT2D eigenvalue weighted by Crippen LogP contribution is -2.34. The third-order valence-electron chi connectivity index (χ3n) is 3.77. The van der Waals surface area contributed by atoms with E-state index in [2.05, 4.69) is 0 Å². The Morgan fingerprint density at radius 3 is 2.46 bits per heavy atom. The number of alkyl halides is 3. The van der Waals surface area contributed by atoms with Crippen LogP contribution in [0.15, 0.2) is 23.1 Å². The van der Waals surface area contributed by atoms with Gasteiger partial charge in [-0.2, -0.15) is 17.5 Å². The van der Waals surface area contributed by atoms with Gasteiger partial charge >= 0.3 is 12.1 Å². The van der Waals surface area contributed by atoms with Gasteiger partial charge in [0.05, 0.1) is 18.9 Å². The average Bonchev–Trinajstić information content (AvgIpc) is 2.93. The van der Waals surface area contributed by atoms with E-state index in [9.17, 15) is 26.4 Å². The smallest absolute Gasteiger partial charge is 0.393 e. The Morgan fingerprint density at radius 1 is 1.38 bits per heavy atom. The molecular formula is C13H13ClF3NO5S. The molecule has 0 saturated carbocycles. The molecule has 0 aromatic heterocycles. The van der Waals surface area contributed by atoms with Crippen LogP contribution >= 0.6 is 11.6 Å². The molecule has 0 amide bonds. The molecule has 0 bridgehead atoms. The van der Waals surface area contributed by atoms with Crippen molar-refractivity contribution in [3.8, 4) is 5.75 Å². The normalized spacial score (nSPS) is 22.5.